The smallest absolute Gasteiger partial charge is 0.230 e. The maximum atomic E-state index is 5.47. The second-order valence-corrected chi connectivity index (χ2v) is 13.5. The van der Waals surface area contributed by atoms with Crippen LogP contribution in [-0.2, 0) is 30.8 Å². The molecule has 206 valence electrons. The molecule has 0 spiro atoms. The van der Waals surface area contributed by atoms with Crippen molar-refractivity contribution in [1.82, 2.24) is 19.5 Å². The molecule has 6 saturated carbocycles. The van der Waals surface area contributed by atoms with E-state index in [0.29, 0.717) is 0 Å². The number of nitrogens with zero attached hydrogens (tertiary/aromatic N) is 5. The van der Waals surface area contributed by atoms with Crippen molar-refractivity contribution in [3.8, 4) is 22.8 Å². The summed E-state index contributed by atoms with van der Waals surface area (Å²) in [6.45, 7) is 7.66. The first-order valence-electron chi connectivity index (χ1n) is 15.9. The van der Waals surface area contributed by atoms with E-state index in [1.54, 1.807) is 0 Å². The van der Waals surface area contributed by atoms with E-state index in [2.05, 4.69) is 61.3 Å². The SMILES string of the molecule is CCc1ccc(-c2nc(C34CCC(CC3)CC4)nc(C34CCC(CC3)CC4)n2)cc1-c1n(C)c(C)c[n+]1CC. The second-order valence-electron chi connectivity index (χ2n) is 13.5. The third-order valence-electron chi connectivity index (χ3n) is 11.6. The van der Waals surface area contributed by atoms with Crippen LogP contribution in [-0.4, -0.2) is 19.5 Å². The van der Waals surface area contributed by atoms with Crippen molar-refractivity contribution < 1.29 is 4.57 Å². The molecule has 4 bridgehead atoms. The fourth-order valence-electron chi connectivity index (χ4n) is 8.69. The molecule has 3 aromatic rings. The third-order valence-corrected chi connectivity index (χ3v) is 11.6. The molecule has 39 heavy (non-hydrogen) atoms. The molecule has 2 aromatic heterocycles. The second kappa shape index (κ2) is 9.52. The zero-order chi connectivity index (χ0) is 26.8. The fourth-order valence-corrected chi connectivity index (χ4v) is 8.69. The predicted molar refractivity (Wildman–Crippen MR) is 155 cm³/mol. The van der Waals surface area contributed by atoms with Gasteiger partial charge in [-0.25, -0.2) is 24.1 Å². The van der Waals surface area contributed by atoms with E-state index in [0.717, 1.165) is 47.8 Å². The lowest BCUT2D eigenvalue weighted by atomic mass is 9.59. The first-order valence-corrected chi connectivity index (χ1v) is 15.9. The molecule has 0 amide bonds. The topological polar surface area (TPSA) is 47.5 Å². The Balaban J connectivity index is 1.39. The van der Waals surface area contributed by atoms with Gasteiger partial charge in [0.25, 0.3) is 5.82 Å². The first-order chi connectivity index (χ1) is 18.9. The van der Waals surface area contributed by atoms with Crippen LogP contribution in [0.15, 0.2) is 24.4 Å². The van der Waals surface area contributed by atoms with E-state index in [9.17, 15) is 0 Å². The highest BCUT2D eigenvalue weighted by atomic mass is 15.1. The van der Waals surface area contributed by atoms with E-state index in [-0.39, 0.29) is 10.8 Å². The highest BCUT2D eigenvalue weighted by Gasteiger charge is 2.47. The van der Waals surface area contributed by atoms with Crippen molar-refractivity contribution in [2.24, 2.45) is 18.9 Å². The van der Waals surface area contributed by atoms with Gasteiger partial charge < -0.3 is 0 Å². The summed E-state index contributed by atoms with van der Waals surface area (Å²) in [4.78, 5) is 16.3. The van der Waals surface area contributed by atoms with Crippen molar-refractivity contribution in [2.45, 2.75) is 122 Å². The maximum Gasteiger partial charge on any atom is 0.289 e. The van der Waals surface area contributed by atoms with Crippen LogP contribution in [0, 0.1) is 18.8 Å². The Bertz CT molecular complexity index is 1310. The molecular weight excluding hydrogens is 478 g/mol. The largest absolute Gasteiger partial charge is 0.289 e. The predicted octanol–water partition coefficient (Wildman–Crippen LogP) is 7.17. The summed E-state index contributed by atoms with van der Waals surface area (Å²) in [5.74, 6) is 6.31. The lowest BCUT2D eigenvalue weighted by molar-refractivity contribution is -0.682. The molecule has 0 atom stereocenters. The van der Waals surface area contributed by atoms with Gasteiger partial charge in [-0.2, -0.15) is 0 Å². The van der Waals surface area contributed by atoms with Crippen molar-refractivity contribution >= 4 is 0 Å². The lowest BCUT2D eigenvalue weighted by Crippen LogP contribution is -2.42. The fraction of sp³-hybridized carbons (Fsp3) is 0.647. The zero-order valence-corrected chi connectivity index (χ0v) is 24.6. The molecule has 0 saturated heterocycles. The normalized spacial score (nSPS) is 29.7. The minimum atomic E-state index is 0.163. The van der Waals surface area contributed by atoms with Gasteiger partial charge in [-0.15, -0.1) is 0 Å². The van der Waals surface area contributed by atoms with Crippen molar-refractivity contribution in [1.29, 1.82) is 0 Å². The van der Waals surface area contributed by atoms with E-state index in [1.807, 2.05) is 0 Å². The van der Waals surface area contributed by atoms with Crippen LogP contribution in [0.5, 0.6) is 0 Å². The average Bonchev–Trinajstić information content (AvgIpc) is 3.31. The van der Waals surface area contributed by atoms with Crippen LogP contribution >= 0.6 is 0 Å². The lowest BCUT2D eigenvalue weighted by Gasteiger charge is -2.47. The number of rotatable bonds is 6. The molecule has 5 heteroatoms. The number of imidazole rings is 1. The summed E-state index contributed by atoms with van der Waals surface area (Å²) in [6, 6.07) is 6.99. The van der Waals surface area contributed by atoms with Gasteiger partial charge in [-0.05, 0) is 114 Å². The van der Waals surface area contributed by atoms with Gasteiger partial charge >= 0.3 is 0 Å². The molecule has 6 aliphatic rings. The molecule has 1 aromatic carbocycles. The van der Waals surface area contributed by atoms with E-state index in [4.69, 9.17) is 15.0 Å². The summed E-state index contributed by atoms with van der Waals surface area (Å²) in [7, 11) is 2.19. The summed E-state index contributed by atoms with van der Waals surface area (Å²) in [5.41, 5.74) is 5.44. The molecule has 0 N–H and O–H groups in total. The summed E-state index contributed by atoms with van der Waals surface area (Å²) in [6.07, 6.45) is 18.9. The van der Waals surface area contributed by atoms with Gasteiger partial charge in [-0.1, -0.05) is 19.1 Å². The van der Waals surface area contributed by atoms with E-state index in [1.165, 1.54) is 99.7 Å². The van der Waals surface area contributed by atoms with Gasteiger partial charge in [0.1, 0.15) is 23.5 Å². The van der Waals surface area contributed by atoms with Gasteiger partial charge in [-0.3, -0.25) is 0 Å². The molecule has 9 rings (SSSR count). The monoisotopic (exact) mass is 524 g/mol. The minimum Gasteiger partial charge on any atom is -0.230 e. The zero-order valence-electron chi connectivity index (χ0n) is 24.6. The summed E-state index contributed by atoms with van der Waals surface area (Å²) >= 11 is 0. The van der Waals surface area contributed by atoms with Crippen LogP contribution in [0.1, 0.15) is 114 Å². The van der Waals surface area contributed by atoms with Crippen molar-refractivity contribution in [3.05, 3.63) is 47.3 Å². The van der Waals surface area contributed by atoms with Gasteiger partial charge in [0.15, 0.2) is 5.82 Å². The third kappa shape index (κ3) is 4.09. The number of aromatic nitrogens is 5. The van der Waals surface area contributed by atoms with Crippen LogP contribution < -0.4 is 4.57 Å². The Labute approximate surface area is 234 Å². The number of benzene rings is 1. The highest BCUT2D eigenvalue weighted by molar-refractivity contribution is 5.69. The Hall–Kier alpha value is -2.56. The van der Waals surface area contributed by atoms with Gasteiger partial charge in [0.05, 0.1) is 19.2 Å². The van der Waals surface area contributed by atoms with Crippen LogP contribution in [0.4, 0.5) is 0 Å². The van der Waals surface area contributed by atoms with E-state index >= 15 is 0 Å². The number of hydrogen-bond acceptors (Lipinski definition) is 3. The number of aryl methyl sites for hydroxylation is 3. The maximum absolute atomic E-state index is 5.47. The molecule has 2 heterocycles. The summed E-state index contributed by atoms with van der Waals surface area (Å²) < 4.78 is 4.72. The Morgan fingerprint density at radius 2 is 1.36 bits per heavy atom. The van der Waals surface area contributed by atoms with Crippen LogP contribution in [0.2, 0.25) is 0 Å². The highest BCUT2D eigenvalue weighted by Crippen LogP contribution is 2.53. The molecule has 0 radical (unpaired) electrons. The molecular formula is C34H46N5+. The number of fused-ring (bicyclic) bond motifs is 6. The standard InChI is InChI=1S/C34H46N5/c1-5-26-7-8-27(21-28(26)30-38(4)23(3)22-39(30)6-2)29-35-31(33-15-9-24(10-16-33)11-17-33)37-32(36-29)34-18-12-25(13-19-34)14-20-34/h7-8,21-22,24-25H,5-6,9-20H2,1-4H3/q+1. The Kier molecular flexibility index (Phi) is 6.20. The molecule has 5 nitrogen and oxygen atoms in total. The van der Waals surface area contributed by atoms with Crippen molar-refractivity contribution in [2.75, 3.05) is 0 Å². The van der Waals surface area contributed by atoms with E-state index < -0.39 is 0 Å². The van der Waals surface area contributed by atoms with Crippen LogP contribution in [0.25, 0.3) is 22.8 Å². The average molecular weight is 525 g/mol. The molecule has 6 aliphatic carbocycles. The Morgan fingerprint density at radius 1 is 0.821 bits per heavy atom. The quantitative estimate of drug-likeness (QED) is 0.321. The Morgan fingerprint density at radius 3 is 1.85 bits per heavy atom. The van der Waals surface area contributed by atoms with Gasteiger partial charge in [0, 0.05) is 23.3 Å². The molecule has 6 fully saturated rings. The number of hydrogen-bond donors (Lipinski definition) is 0. The van der Waals surface area contributed by atoms with Gasteiger partial charge in [0.2, 0.25) is 0 Å². The minimum absolute atomic E-state index is 0.163. The summed E-state index contributed by atoms with van der Waals surface area (Å²) in [5, 5.41) is 0. The molecule has 0 aliphatic heterocycles. The molecule has 0 unspecified atom stereocenters. The first kappa shape index (κ1) is 25.4. The van der Waals surface area contributed by atoms with Crippen molar-refractivity contribution in [3.63, 3.8) is 0 Å². The van der Waals surface area contributed by atoms with Crippen LogP contribution in [0.3, 0.4) is 0 Å².